The van der Waals surface area contributed by atoms with Crippen molar-refractivity contribution in [3.8, 4) is 11.5 Å². The lowest BCUT2D eigenvalue weighted by atomic mass is 9.85. The van der Waals surface area contributed by atoms with Crippen molar-refractivity contribution in [1.82, 2.24) is 0 Å². The molecule has 3 rings (SSSR count). The van der Waals surface area contributed by atoms with Gasteiger partial charge in [0.05, 0.1) is 24.3 Å². The summed E-state index contributed by atoms with van der Waals surface area (Å²) in [4.78, 5) is 60.2. The van der Waals surface area contributed by atoms with Crippen molar-refractivity contribution in [2.45, 2.75) is 71.2 Å². The average molecular weight is 737 g/mol. The molecule has 53 heavy (non-hydrogen) atoms. The molecule has 1 aliphatic rings. The number of hydrogen-bond acceptors (Lipinski definition) is 13. The maximum Gasteiger partial charge on any atom is 0.338 e. The van der Waals surface area contributed by atoms with Gasteiger partial charge in [0.25, 0.3) is 0 Å². The van der Waals surface area contributed by atoms with E-state index < -0.39 is 36.0 Å². The highest BCUT2D eigenvalue weighted by atomic mass is 16.7. The van der Waals surface area contributed by atoms with Crippen LogP contribution in [0.15, 0.2) is 74.4 Å². The average Bonchev–Trinajstić information content (AvgIpc) is 3.14. The summed E-state index contributed by atoms with van der Waals surface area (Å²) in [7, 11) is 0. The summed E-state index contributed by atoms with van der Waals surface area (Å²) in [6, 6.07) is 9.77. The highest BCUT2D eigenvalue weighted by Crippen LogP contribution is 2.31. The Hall–Kier alpha value is -5.43. The first kappa shape index (κ1) is 42.0. The van der Waals surface area contributed by atoms with Crippen molar-refractivity contribution in [1.29, 1.82) is 0 Å². The molecule has 4 atom stereocenters. The SMILES string of the molecule is C=CC(=O)OCCCCOCC(COc1ccc(C(=O)OC2CCC(OC(=O)c3ccc(OCOC(=O)C=C)c(C)c3)CC2C)cc1C)OC(=O)C=C. The fraction of sp³-hybridized carbons (Fsp3) is 0.425. The molecule has 0 radical (unpaired) electrons. The van der Waals surface area contributed by atoms with E-state index in [1.807, 2.05) is 6.92 Å². The van der Waals surface area contributed by atoms with Gasteiger partial charge in [-0.15, -0.1) is 0 Å². The fourth-order valence-electron chi connectivity index (χ4n) is 5.38. The molecule has 1 saturated carbocycles. The Morgan fingerprint density at radius 3 is 1.92 bits per heavy atom. The van der Waals surface area contributed by atoms with Crippen molar-refractivity contribution in [3.05, 3.63) is 96.6 Å². The van der Waals surface area contributed by atoms with Crippen LogP contribution in [-0.2, 0) is 42.8 Å². The third-order valence-corrected chi connectivity index (χ3v) is 8.25. The topological polar surface area (TPSA) is 159 Å². The maximum atomic E-state index is 13.1. The summed E-state index contributed by atoms with van der Waals surface area (Å²) in [6.07, 6.45) is 4.59. The summed E-state index contributed by atoms with van der Waals surface area (Å²) >= 11 is 0. The number of aryl methyl sites for hydroxylation is 2. The lowest BCUT2D eigenvalue weighted by molar-refractivity contribution is -0.148. The van der Waals surface area contributed by atoms with E-state index in [1.54, 1.807) is 50.2 Å². The molecule has 1 aliphatic carbocycles. The van der Waals surface area contributed by atoms with Crippen molar-refractivity contribution < 1.29 is 61.9 Å². The van der Waals surface area contributed by atoms with Gasteiger partial charge in [0.2, 0.25) is 6.79 Å². The molecule has 0 amide bonds. The summed E-state index contributed by atoms with van der Waals surface area (Å²) in [6.45, 7) is 16.0. The molecule has 13 nitrogen and oxygen atoms in total. The number of unbranched alkanes of at least 4 members (excludes halogenated alkanes) is 1. The first-order valence-electron chi connectivity index (χ1n) is 17.3. The Balaban J connectivity index is 1.45. The molecule has 2 aromatic rings. The molecule has 0 aromatic heterocycles. The molecular formula is C40H48O13. The van der Waals surface area contributed by atoms with E-state index in [2.05, 4.69) is 19.7 Å². The molecule has 0 spiro atoms. The van der Waals surface area contributed by atoms with Crippen LogP contribution in [0.5, 0.6) is 11.5 Å². The Kier molecular flexibility index (Phi) is 17.3. The van der Waals surface area contributed by atoms with E-state index in [-0.39, 0.29) is 44.7 Å². The lowest BCUT2D eigenvalue weighted by Crippen LogP contribution is -2.35. The first-order chi connectivity index (χ1) is 25.4. The Labute approximate surface area is 309 Å². The van der Waals surface area contributed by atoms with Crippen LogP contribution in [0.2, 0.25) is 0 Å². The normalized spacial score (nSPS) is 16.9. The second-order valence-electron chi connectivity index (χ2n) is 12.4. The van der Waals surface area contributed by atoms with Crippen molar-refractivity contribution in [2.24, 2.45) is 5.92 Å². The van der Waals surface area contributed by atoms with Gasteiger partial charge in [0.1, 0.15) is 30.3 Å². The van der Waals surface area contributed by atoms with E-state index in [0.29, 0.717) is 72.5 Å². The van der Waals surface area contributed by atoms with Gasteiger partial charge in [0.15, 0.2) is 6.10 Å². The third kappa shape index (κ3) is 14.3. The number of hydrogen-bond donors (Lipinski definition) is 0. The summed E-state index contributed by atoms with van der Waals surface area (Å²) < 4.78 is 43.8. The van der Waals surface area contributed by atoms with Crippen LogP contribution in [0.4, 0.5) is 0 Å². The Bertz CT molecular complexity index is 1610. The van der Waals surface area contributed by atoms with Gasteiger partial charge < -0.3 is 37.9 Å². The zero-order chi connectivity index (χ0) is 38.8. The number of esters is 5. The zero-order valence-electron chi connectivity index (χ0n) is 30.5. The second kappa shape index (κ2) is 21.8. The monoisotopic (exact) mass is 736 g/mol. The van der Waals surface area contributed by atoms with E-state index in [0.717, 1.165) is 18.2 Å². The van der Waals surface area contributed by atoms with Gasteiger partial charge in [-0.05, 0) is 99.4 Å². The Morgan fingerprint density at radius 1 is 0.736 bits per heavy atom. The van der Waals surface area contributed by atoms with Crippen LogP contribution >= 0.6 is 0 Å². The van der Waals surface area contributed by atoms with Gasteiger partial charge in [-0.3, -0.25) is 0 Å². The van der Waals surface area contributed by atoms with Crippen LogP contribution in [0.3, 0.4) is 0 Å². The number of carbonyl (C=O) groups excluding carboxylic acids is 5. The van der Waals surface area contributed by atoms with Crippen molar-refractivity contribution >= 4 is 29.8 Å². The molecule has 0 heterocycles. The summed E-state index contributed by atoms with van der Waals surface area (Å²) in [5.41, 5.74) is 2.07. The summed E-state index contributed by atoms with van der Waals surface area (Å²) in [5, 5.41) is 0. The van der Waals surface area contributed by atoms with Gasteiger partial charge in [-0.2, -0.15) is 0 Å². The number of carbonyl (C=O) groups is 5. The lowest BCUT2D eigenvalue weighted by Gasteiger charge is -2.33. The van der Waals surface area contributed by atoms with Gasteiger partial charge in [0, 0.05) is 24.8 Å². The van der Waals surface area contributed by atoms with Crippen molar-refractivity contribution in [3.63, 3.8) is 0 Å². The highest BCUT2D eigenvalue weighted by molar-refractivity contribution is 5.90. The predicted molar refractivity (Wildman–Crippen MR) is 192 cm³/mol. The number of rotatable bonds is 21. The molecule has 286 valence electrons. The standard InChI is InChI=1S/C40H48O13/c1-7-36(41)47-19-11-10-18-46-23-32(51-38(43)9-3)24-48-33-15-12-30(20-26(33)4)40(45)53-35-17-14-31(22-28(35)6)52-39(44)29-13-16-34(27(5)21-29)49-25-50-37(42)8-2/h7-9,12-13,15-16,20-21,28,31-32,35H,1-3,10-11,14,17-19,22-25H2,4-6H3. The van der Waals surface area contributed by atoms with Crippen LogP contribution in [0.1, 0.15) is 70.9 Å². The minimum Gasteiger partial charge on any atom is -0.489 e. The molecule has 1 fully saturated rings. The van der Waals surface area contributed by atoms with Crippen LogP contribution in [0.25, 0.3) is 0 Å². The first-order valence-corrected chi connectivity index (χ1v) is 17.3. The molecule has 0 N–H and O–H groups in total. The zero-order valence-corrected chi connectivity index (χ0v) is 30.5. The van der Waals surface area contributed by atoms with E-state index in [4.69, 9.17) is 37.9 Å². The number of ether oxygens (including phenoxy) is 8. The Morgan fingerprint density at radius 2 is 1.32 bits per heavy atom. The third-order valence-electron chi connectivity index (χ3n) is 8.25. The minimum atomic E-state index is -0.717. The highest BCUT2D eigenvalue weighted by Gasteiger charge is 2.33. The number of benzene rings is 2. The molecule has 0 aliphatic heterocycles. The van der Waals surface area contributed by atoms with Crippen molar-refractivity contribution in [2.75, 3.05) is 33.2 Å². The molecule has 0 saturated heterocycles. The smallest absolute Gasteiger partial charge is 0.338 e. The largest absolute Gasteiger partial charge is 0.489 e. The van der Waals surface area contributed by atoms with Gasteiger partial charge >= 0.3 is 29.8 Å². The molecule has 2 aromatic carbocycles. The van der Waals surface area contributed by atoms with Crippen LogP contribution in [-0.4, -0.2) is 81.4 Å². The summed E-state index contributed by atoms with van der Waals surface area (Å²) in [5.74, 6) is -1.75. The van der Waals surface area contributed by atoms with Crippen LogP contribution in [0, 0.1) is 19.8 Å². The second-order valence-corrected chi connectivity index (χ2v) is 12.4. The molecule has 13 heteroatoms. The van der Waals surface area contributed by atoms with E-state index in [1.165, 1.54) is 0 Å². The molecular weight excluding hydrogens is 688 g/mol. The van der Waals surface area contributed by atoms with E-state index >= 15 is 0 Å². The van der Waals surface area contributed by atoms with Gasteiger partial charge in [-0.25, -0.2) is 24.0 Å². The van der Waals surface area contributed by atoms with E-state index in [9.17, 15) is 24.0 Å². The van der Waals surface area contributed by atoms with Crippen LogP contribution < -0.4 is 9.47 Å². The maximum absolute atomic E-state index is 13.1. The minimum absolute atomic E-state index is 0.000839. The molecule has 4 unspecified atom stereocenters. The fourth-order valence-corrected chi connectivity index (χ4v) is 5.38. The predicted octanol–water partition coefficient (Wildman–Crippen LogP) is 5.94. The quantitative estimate of drug-likeness (QED) is 0.0488. The molecule has 0 bridgehead atoms. The van der Waals surface area contributed by atoms with Gasteiger partial charge in [-0.1, -0.05) is 26.7 Å².